The van der Waals surface area contributed by atoms with Crippen molar-refractivity contribution in [3.05, 3.63) is 29.3 Å². The molecule has 0 heterocycles. The van der Waals surface area contributed by atoms with Crippen LogP contribution in [0.3, 0.4) is 0 Å². The standard InChI is InChI=1S/C15H24N2O2S/c1-5-17(11(2)10-18-3)9-12-6-7-13(15(16)20)14(8-12)19-4/h6-8,11H,5,9-10H2,1-4H3,(H2,16,20). The van der Waals surface area contributed by atoms with Crippen LogP contribution < -0.4 is 10.5 Å². The van der Waals surface area contributed by atoms with Gasteiger partial charge < -0.3 is 15.2 Å². The summed E-state index contributed by atoms with van der Waals surface area (Å²) in [5.74, 6) is 0.727. The van der Waals surface area contributed by atoms with Crippen LogP contribution in [0.1, 0.15) is 25.0 Å². The lowest BCUT2D eigenvalue weighted by molar-refractivity contribution is 0.0981. The van der Waals surface area contributed by atoms with Gasteiger partial charge in [-0.3, -0.25) is 4.90 Å². The average Bonchev–Trinajstić information content (AvgIpc) is 2.44. The zero-order valence-electron chi connectivity index (χ0n) is 12.7. The molecular formula is C15H24N2O2S. The molecule has 1 rings (SSSR count). The van der Waals surface area contributed by atoms with E-state index in [0.29, 0.717) is 11.0 Å². The minimum Gasteiger partial charge on any atom is -0.496 e. The van der Waals surface area contributed by atoms with Gasteiger partial charge in [0, 0.05) is 19.7 Å². The molecule has 0 bridgehead atoms. The molecule has 0 aliphatic rings. The van der Waals surface area contributed by atoms with Crippen molar-refractivity contribution >= 4 is 17.2 Å². The average molecular weight is 296 g/mol. The molecule has 0 aromatic heterocycles. The van der Waals surface area contributed by atoms with Crippen LogP contribution in [-0.4, -0.2) is 43.3 Å². The number of nitrogens with zero attached hydrogens (tertiary/aromatic N) is 1. The predicted octanol–water partition coefficient (Wildman–Crippen LogP) is 2.19. The van der Waals surface area contributed by atoms with E-state index in [2.05, 4.69) is 18.7 Å². The predicted molar refractivity (Wildman–Crippen MR) is 86.3 cm³/mol. The van der Waals surface area contributed by atoms with E-state index in [0.717, 1.165) is 31.0 Å². The quantitative estimate of drug-likeness (QED) is 0.745. The first-order chi connectivity index (χ1) is 9.53. The van der Waals surface area contributed by atoms with E-state index < -0.39 is 0 Å². The summed E-state index contributed by atoms with van der Waals surface area (Å²) in [6.45, 7) is 6.83. The summed E-state index contributed by atoms with van der Waals surface area (Å²) in [5, 5.41) is 0. The van der Waals surface area contributed by atoms with E-state index in [1.54, 1.807) is 14.2 Å². The summed E-state index contributed by atoms with van der Waals surface area (Å²) < 4.78 is 10.6. The van der Waals surface area contributed by atoms with Gasteiger partial charge in [-0.05, 0) is 31.2 Å². The Morgan fingerprint density at radius 3 is 2.60 bits per heavy atom. The molecule has 2 N–H and O–H groups in total. The Hall–Kier alpha value is -1.17. The summed E-state index contributed by atoms with van der Waals surface area (Å²) >= 11 is 5.02. The molecule has 4 nitrogen and oxygen atoms in total. The number of rotatable bonds is 8. The van der Waals surface area contributed by atoms with Crippen molar-refractivity contribution < 1.29 is 9.47 Å². The van der Waals surface area contributed by atoms with Gasteiger partial charge in [0.2, 0.25) is 0 Å². The molecule has 0 amide bonds. The van der Waals surface area contributed by atoms with Gasteiger partial charge in [0.1, 0.15) is 10.7 Å². The summed E-state index contributed by atoms with van der Waals surface area (Å²) in [7, 11) is 3.36. The van der Waals surface area contributed by atoms with Crippen LogP contribution in [0.2, 0.25) is 0 Å². The molecule has 0 radical (unpaired) electrons. The molecule has 5 heteroatoms. The first kappa shape index (κ1) is 16.9. The fourth-order valence-corrected chi connectivity index (χ4v) is 2.37. The first-order valence-corrected chi connectivity index (χ1v) is 7.14. The molecule has 0 saturated heterocycles. The number of thiocarbonyl (C=S) groups is 1. The molecule has 0 aliphatic heterocycles. The van der Waals surface area contributed by atoms with Crippen LogP contribution in [0.4, 0.5) is 0 Å². The van der Waals surface area contributed by atoms with E-state index in [-0.39, 0.29) is 0 Å². The lowest BCUT2D eigenvalue weighted by Gasteiger charge is -2.27. The number of ether oxygens (including phenoxy) is 2. The van der Waals surface area contributed by atoms with Crippen molar-refractivity contribution in [1.29, 1.82) is 0 Å². The van der Waals surface area contributed by atoms with E-state index in [9.17, 15) is 0 Å². The third-order valence-electron chi connectivity index (χ3n) is 3.35. The van der Waals surface area contributed by atoms with Gasteiger partial charge in [-0.2, -0.15) is 0 Å². The third-order valence-corrected chi connectivity index (χ3v) is 3.57. The molecule has 0 aliphatic carbocycles. The number of methoxy groups -OCH3 is 2. The van der Waals surface area contributed by atoms with Crippen LogP contribution in [0.25, 0.3) is 0 Å². The normalized spacial score (nSPS) is 12.4. The molecule has 0 fully saturated rings. The molecule has 1 aromatic carbocycles. The van der Waals surface area contributed by atoms with Gasteiger partial charge in [0.25, 0.3) is 0 Å². The smallest absolute Gasteiger partial charge is 0.129 e. The van der Waals surface area contributed by atoms with Gasteiger partial charge in [-0.1, -0.05) is 25.2 Å². The molecule has 0 saturated carbocycles. The minimum atomic E-state index is 0.355. The first-order valence-electron chi connectivity index (χ1n) is 6.73. The highest BCUT2D eigenvalue weighted by molar-refractivity contribution is 7.80. The molecular weight excluding hydrogens is 272 g/mol. The number of benzene rings is 1. The van der Waals surface area contributed by atoms with E-state index >= 15 is 0 Å². The van der Waals surface area contributed by atoms with Gasteiger partial charge in [-0.25, -0.2) is 0 Å². The van der Waals surface area contributed by atoms with Crippen molar-refractivity contribution in [3.63, 3.8) is 0 Å². The Kier molecular flexibility index (Phi) is 6.91. The second kappa shape index (κ2) is 8.19. The molecule has 1 unspecified atom stereocenters. The largest absolute Gasteiger partial charge is 0.496 e. The summed E-state index contributed by atoms with van der Waals surface area (Å²) in [5.41, 5.74) is 7.63. The van der Waals surface area contributed by atoms with Crippen LogP contribution in [0.5, 0.6) is 5.75 Å². The zero-order chi connectivity index (χ0) is 15.1. The van der Waals surface area contributed by atoms with Crippen LogP contribution >= 0.6 is 12.2 Å². The van der Waals surface area contributed by atoms with Crippen molar-refractivity contribution in [1.82, 2.24) is 4.90 Å². The van der Waals surface area contributed by atoms with Crippen molar-refractivity contribution in [2.24, 2.45) is 5.73 Å². The fourth-order valence-electron chi connectivity index (χ4n) is 2.20. The van der Waals surface area contributed by atoms with Crippen LogP contribution in [0, 0.1) is 0 Å². The summed E-state index contributed by atoms with van der Waals surface area (Å²) in [6, 6.07) is 6.33. The van der Waals surface area contributed by atoms with E-state index in [1.165, 1.54) is 5.56 Å². The van der Waals surface area contributed by atoms with E-state index in [1.807, 2.05) is 18.2 Å². The Balaban J connectivity index is 2.89. The highest BCUT2D eigenvalue weighted by Crippen LogP contribution is 2.21. The molecule has 112 valence electrons. The van der Waals surface area contributed by atoms with Crippen molar-refractivity contribution in [3.8, 4) is 5.75 Å². The lowest BCUT2D eigenvalue weighted by Crippen LogP contribution is -2.35. The zero-order valence-corrected chi connectivity index (χ0v) is 13.5. The van der Waals surface area contributed by atoms with Crippen molar-refractivity contribution in [2.45, 2.75) is 26.4 Å². The lowest BCUT2D eigenvalue weighted by atomic mass is 10.1. The molecule has 0 spiro atoms. The topological polar surface area (TPSA) is 47.7 Å². The molecule has 1 aromatic rings. The Morgan fingerprint density at radius 1 is 1.40 bits per heavy atom. The number of hydrogen-bond acceptors (Lipinski definition) is 4. The molecule has 1 atom stereocenters. The van der Waals surface area contributed by atoms with E-state index in [4.69, 9.17) is 27.4 Å². The number of nitrogens with two attached hydrogens (primary N) is 1. The van der Waals surface area contributed by atoms with Gasteiger partial charge >= 0.3 is 0 Å². The second-order valence-corrected chi connectivity index (χ2v) is 5.21. The summed E-state index contributed by atoms with van der Waals surface area (Å²) in [6.07, 6.45) is 0. The SMILES string of the molecule is CCN(Cc1ccc(C(N)=S)c(OC)c1)C(C)COC. The Morgan fingerprint density at radius 2 is 2.10 bits per heavy atom. The Bertz CT molecular complexity index is 451. The van der Waals surface area contributed by atoms with Crippen LogP contribution in [0.15, 0.2) is 18.2 Å². The van der Waals surface area contributed by atoms with Gasteiger partial charge in [-0.15, -0.1) is 0 Å². The van der Waals surface area contributed by atoms with Crippen LogP contribution in [-0.2, 0) is 11.3 Å². The van der Waals surface area contributed by atoms with Crippen molar-refractivity contribution in [2.75, 3.05) is 27.4 Å². The monoisotopic (exact) mass is 296 g/mol. The summed E-state index contributed by atoms with van der Waals surface area (Å²) in [4.78, 5) is 2.70. The maximum Gasteiger partial charge on any atom is 0.129 e. The molecule has 20 heavy (non-hydrogen) atoms. The van der Waals surface area contributed by atoms with Gasteiger partial charge in [0.05, 0.1) is 19.3 Å². The highest BCUT2D eigenvalue weighted by atomic mass is 32.1. The maximum absolute atomic E-state index is 5.68. The number of hydrogen-bond donors (Lipinski definition) is 1. The minimum absolute atomic E-state index is 0.355. The maximum atomic E-state index is 5.68. The Labute approximate surface area is 126 Å². The second-order valence-electron chi connectivity index (χ2n) is 4.77. The third kappa shape index (κ3) is 4.44. The number of likely N-dealkylation sites (N-methyl/N-ethyl adjacent to an activating group) is 1. The van der Waals surface area contributed by atoms with Gasteiger partial charge in [0.15, 0.2) is 0 Å². The highest BCUT2D eigenvalue weighted by Gasteiger charge is 2.14. The fraction of sp³-hybridized carbons (Fsp3) is 0.533.